The Balaban J connectivity index is 1.43. The minimum atomic E-state index is -4.33. The van der Waals surface area contributed by atoms with Gasteiger partial charge in [0.2, 0.25) is 0 Å². The fourth-order valence-electron chi connectivity index (χ4n) is 5.17. The molecular formula is C30H33F3N2O. The van der Waals surface area contributed by atoms with Crippen LogP contribution in [0.25, 0.3) is 0 Å². The van der Waals surface area contributed by atoms with E-state index in [-0.39, 0.29) is 18.0 Å². The predicted molar refractivity (Wildman–Crippen MR) is 137 cm³/mol. The van der Waals surface area contributed by atoms with Crippen LogP contribution in [-0.2, 0) is 19.0 Å². The zero-order chi connectivity index (χ0) is 25.7. The second-order valence-corrected chi connectivity index (χ2v) is 9.84. The molecule has 0 bridgehead atoms. The fourth-order valence-corrected chi connectivity index (χ4v) is 5.17. The first kappa shape index (κ1) is 26.0. The van der Waals surface area contributed by atoms with E-state index >= 15 is 0 Å². The number of rotatable bonds is 7. The third kappa shape index (κ3) is 6.76. The van der Waals surface area contributed by atoms with Gasteiger partial charge in [-0.1, -0.05) is 65.7 Å². The molecule has 3 aromatic carbocycles. The summed E-state index contributed by atoms with van der Waals surface area (Å²) in [4.78, 5) is 15.5. The SMILES string of the molecule is Cc1cc(C)cc(C(=O)N2CC[C@H](NCCc3cccc(C(F)(F)F)c3)C[C@@H]2Cc2ccccc2)c1. The van der Waals surface area contributed by atoms with Crippen molar-refractivity contribution < 1.29 is 18.0 Å². The number of nitrogens with one attached hydrogen (secondary N) is 1. The number of carbonyl (C=O) groups excluding carboxylic acids is 1. The maximum atomic E-state index is 13.5. The Morgan fingerprint density at radius 1 is 0.944 bits per heavy atom. The van der Waals surface area contributed by atoms with Gasteiger partial charge in [-0.3, -0.25) is 4.79 Å². The molecule has 190 valence electrons. The van der Waals surface area contributed by atoms with E-state index in [1.54, 1.807) is 6.07 Å². The Kier molecular flexibility index (Phi) is 8.14. The molecular weight excluding hydrogens is 461 g/mol. The van der Waals surface area contributed by atoms with E-state index in [0.717, 1.165) is 42.0 Å². The second kappa shape index (κ2) is 11.3. The van der Waals surface area contributed by atoms with Crippen molar-refractivity contribution in [2.45, 2.75) is 57.8 Å². The molecule has 4 rings (SSSR count). The lowest BCUT2D eigenvalue weighted by Gasteiger charge is -2.40. The first-order valence-corrected chi connectivity index (χ1v) is 12.5. The number of alkyl halides is 3. The van der Waals surface area contributed by atoms with Crippen LogP contribution in [0.5, 0.6) is 0 Å². The number of aryl methyl sites for hydroxylation is 2. The van der Waals surface area contributed by atoms with E-state index in [0.29, 0.717) is 25.1 Å². The lowest BCUT2D eigenvalue weighted by Crippen LogP contribution is -2.52. The molecule has 1 aliphatic rings. The number of benzene rings is 3. The molecule has 0 saturated carbocycles. The number of carbonyl (C=O) groups is 1. The third-order valence-electron chi connectivity index (χ3n) is 6.86. The van der Waals surface area contributed by atoms with E-state index in [9.17, 15) is 18.0 Å². The summed E-state index contributed by atoms with van der Waals surface area (Å²) in [6.07, 6.45) is -1.43. The van der Waals surface area contributed by atoms with Crippen LogP contribution in [0.1, 0.15) is 51.0 Å². The number of piperidine rings is 1. The van der Waals surface area contributed by atoms with Crippen LogP contribution in [0, 0.1) is 13.8 Å². The highest BCUT2D eigenvalue weighted by Gasteiger charge is 2.33. The summed E-state index contributed by atoms with van der Waals surface area (Å²) in [6, 6.07) is 21.9. The van der Waals surface area contributed by atoms with Crippen LogP contribution in [0.3, 0.4) is 0 Å². The lowest BCUT2D eigenvalue weighted by atomic mass is 9.91. The smallest absolute Gasteiger partial charge is 0.335 e. The Morgan fingerprint density at radius 3 is 2.33 bits per heavy atom. The molecule has 3 nitrogen and oxygen atoms in total. The van der Waals surface area contributed by atoms with Gasteiger partial charge in [-0.2, -0.15) is 13.2 Å². The number of halogens is 3. The number of nitrogens with zero attached hydrogens (tertiary/aromatic N) is 1. The summed E-state index contributed by atoms with van der Waals surface area (Å²) >= 11 is 0. The van der Waals surface area contributed by atoms with Crippen molar-refractivity contribution in [2.24, 2.45) is 0 Å². The van der Waals surface area contributed by atoms with Gasteiger partial charge in [0, 0.05) is 24.2 Å². The van der Waals surface area contributed by atoms with E-state index in [2.05, 4.69) is 23.5 Å². The molecule has 1 heterocycles. The van der Waals surface area contributed by atoms with Gasteiger partial charge >= 0.3 is 6.18 Å². The summed E-state index contributed by atoms with van der Waals surface area (Å²) in [5.74, 6) is 0.0603. The predicted octanol–water partition coefficient (Wildman–Crippen LogP) is 6.37. The molecule has 0 aliphatic carbocycles. The molecule has 1 aliphatic heterocycles. The van der Waals surface area contributed by atoms with Crippen LogP contribution in [0.15, 0.2) is 72.8 Å². The average Bonchev–Trinajstić information content (AvgIpc) is 2.83. The van der Waals surface area contributed by atoms with Gasteiger partial charge in [-0.25, -0.2) is 0 Å². The molecule has 6 heteroatoms. The van der Waals surface area contributed by atoms with E-state index < -0.39 is 11.7 Å². The summed E-state index contributed by atoms with van der Waals surface area (Å²) in [6.45, 7) is 5.25. The molecule has 0 aromatic heterocycles. The van der Waals surface area contributed by atoms with Crippen LogP contribution in [0.4, 0.5) is 13.2 Å². The normalized spacial score (nSPS) is 18.3. The Hall–Kier alpha value is -3.12. The molecule has 36 heavy (non-hydrogen) atoms. The highest BCUT2D eigenvalue weighted by Crippen LogP contribution is 2.30. The van der Waals surface area contributed by atoms with E-state index in [1.807, 2.05) is 49.1 Å². The van der Waals surface area contributed by atoms with Crippen molar-refractivity contribution in [1.82, 2.24) is 10.2 Å². The molecule has 0 unspecified atom stereocenters. The average molecular weight is 495 g/mol. The largest absolute Gasteiger partial charge is 0.416 e. The van der Waals surface area contributed by atoms with Crippen molar-refractivity contribution in [3.05, 3.63) is 106 Å². The van der Waals surface area contributed by atoms with E-state index in [4.69, 9.17) is 0 Å². The fraction of sp³-hybridized carbons (Fsp3) is 0.367. The Bertz CT molecular complexity index is 1160. The molecule has 0 spiro atoms. The van der Waals surface area contributed by atoms with Crippen LogP contribution >= 0.6 is 0 Å². The van der Waals surface area contributed by atoms with Crippen LogP contribution < -0.4 is 5.32 Å². The number of hydrogen-bond donors (Lipinski definition) is 1. The first-order chi connectivity index (χ1) is 17.2. The van der Waals surface area contributed by atoms with Crippen molar-refractivity contribution in [1.29, 1.82) is 0 Å². The molecule has 2 atom stereocenters. The highest BCUT2D eigenvalue weighted by molar-refractivity contribution is 5.95. The van der Waals surface area contributed by atoms with Crippen LogP contribution in [-0.4, -0.2) is 36.0 Å². The quantitative estimate of drug-likeness (QED) is 0.414. The maximum Gasteiger partial charge on any atom is 0.416 e. The molecule has 0 radical (unpaired) electrons. The van der Waals surface area contributed by atoms with Gasteiger partial charge in [-0.05, 0) is 75.4 Å². The molecule has 1 amide bonds. The summed E-state index contributed by atoms with van der Waals surface area (Å²) < 4.78 is 39.1. The highest BCUT2D eigenvalue weighted by atomic mass is 19.4. The van der Waals surface area contributed by atoms with Crippen molar-refractivity contribution in [3.8, 4) is 0 Å². The van der Waals surface area contributed by atoms with Gasteiger partial charge < -0.3 is 10.2 Å². The number of likely N-dealkylation sites (tertiary alicyclic amines) is 1. The minimum absolute atomic E-state index is 0.0422. The maximum absolute atomic E-state index is 13.5. The lowest BCUT2D eigenvalue weighted by molar-refractivity contribution is -0.137. The zero-order valence-corrected chi connectivity index (χ0v) is 20.8. The van der Waals surface area contributed by atoms with E-state index in [1.165, 1.54) is 17.7 Å². The molecule has 1 saturated heterocycles. The molecule has 1 N–H and O–H groups in total. The first-order valence-electron chi connectivity index (χ1n) is 12.5. The Labute approximate surface area is 211 Å². The van der Waals surface area contributed by atoms with Gasteiger partial charge in [0.05, 0.1) is 5.56 Å². The topological polar surface area (TPSA) is 32.3 Å². The van der Waals surface area contributed by atoms with Gasteiger partial charge in [0.1, 0.15) is 0 Å². The zero-order valence-electron chi connectivity index (χ0n) is 20.8. The minimum Gasteiger partial charge on any atom is -0.335 e. The van der Waals surface area contributed by atoms with Gasteiger partial charge in [-0.15, -0.1) is 0 Å². The van der Waals surface area contributed by atoms with Gasteiger partial charge in [0.15, 0.2) is 0 Å². The van der Waals surface area contributed by atoms with Crippen molar-refractivity contribution >= 4 is 5.91 Å². The van der Waals surface area contributed by atoms with Gasteiger partial charge in [0.25, 0.3) is 5.91 Å². The summed E-state index contributed by atoms with van der Waals surface area (Å²) in [5, 5.41) is 3.54. The van der Waals surface area contributed by atoms with Crippen LogP contribution in [0.2, 0.25) is 0 Å². The standard InChI is InChI=1S/C30H33F3N2O/c1-21-15-22(2)17-25(16-21)29(36)35-14-12-27(20-28(35)19-23-7-4-3-5-8-23)34-13-11-24-9-6-10-26(18-24)30(31,32)33/h3-10,15-18,27-28,34H,11-14,19-20H2,1-2H3/t27-,28-/m0/s1. The Morgan fingerprint density at radius 2 is 1.64 bits per heavy atom. The molecule has 3 aromatic rings. The molecule has 1 fully saturated rings. The third-order valence-corrected chi connectivity index (χ3v) is 6.86. The summed E-state index contributed by atoms with van der Waals surface area (Å²) in [7, 11) is 0. The summed E-state index contributed by atoms with van der Waals surface area (Å²) in [5.41, 5.74) is 4.11. The second-order valence-electron chi connectivity index (χ2n) is 9.84. The number of hydrogen-bond acceptors (Lipinski definition) is 2. The van der Waals surface area contributed by atoms with Crippen molar-refractivity contribution in [3.63, 3.8) is 0 Å². The monoisotopic (exact) mass is 494 g/mol. The van der Waals surface area contributed by atoms with Crippen molar-refractivity contribution in [2.75, 3.05) is 13.1 Å². The number of amides is 1.